The molecular formula is C16H18FN3O3. The minimum atomic E-state index is -0.975. The average Bonchev–Trinajstić information content (AvgIpc) is 3.27. The van der Waals surface area contributed by atoms with Crippen LogP contribution in [0.3, 0.4) is 0 Å². The van der Waals surface area contributed by atoms with E-state index in [0.717, 1.165) is 12.8 Å². The second-order valence-corrected chi connectivity index (χ2v) is 6.02. The van der Waals surface area contributed by atoms with Crippen molar-refractivity contribution in [1.82, 2.24) is 9.78 Å². The predicted octanol–water partition coefficient (Wildman–Crippen LogP) is 1.65. The summed E-state index contributed by atoms with van der Waals surface area (Å²) in [5.74, 6) is -0.892. The third-order valence-electron chi connectivity index (χ3n) is 3.98. The normalized spacial score (nSPS) is 16.8. The molecule has 7 heteroatoms. The molecular weight excluding hydrogens is 301 g/mol. The van der Waals surface area contributed by atoms with E-state index in [-0.39, 0.29) is 29.8 Å². The van der Waals surface area contributed by atoms with Crippen LogP contribution in [0.5, 0.6) is 5.88 Å². The van der Waals surface area contributed by atoms with E-state index in [2.05, 4.69) is 5.10 Å². The first-order valence-corrected chi connectivity index (χ1v) is 7.38. The van der Waals surface area contributed by atoms with Gasteiger partial charge in [-0.1, -0.05) is 12.1 Å². The molecule has 1 fully saturated rings. The van der Waals surface area contributed by atoms with Gasteiger partial charge in [0.2, 0.25) is 5.88 Å². The van der Waals surface area contributed by atoms with E-state index in [0.29, 0.717) is 0 Å². The van der Waals surface area contributed by atoms with Crippen LogP contribution in [0.1, 0.15) is 30.3 Å². The van der Waals surface area contributed by atoms with Crippen molar-refractivity contribution in [2.24, 2.45) is 11.7 Å². The number of nitrogens with two attached hydrogens (primary N) is 1. The van der Waals surface area contributed by atoms with Crippen LogP contribution in [-0.4, -0.2) is 33.0 Å². The van der Waals surface area contributed by atoms with Crippen molar-refractivity contribution in [2.45, 2.75) is 25.4 Å². The lowest BCUT2D eigenvalue weighted by Gasteiger charge is -2.23. The van der Waals surface area contributed by atoms with Gasteiger partial charge in [-0.25, -0.2) is 4.39 Å². The Kier molecular flexibility index (Phi) is 3.81. The largest absolute Gasteiger partial charge is 0.474 e. The molecule has 122 valence electrons. The van der Waals surface area contributed by atoms with Crippen molar-refractivity contribution in [3.63, 3.8) is 0 Å². The topological polar surface area (TPSA) is 90.4 Å². The molecule has 1 aromatic heterocycles. The monoisotopic (exact) mass is 319 g/mol. The molecule has 0 bridgehead atoms. The van der Waals surface area contributed by atoms with E-state index in [9.17, 15) is 14.3 Å². The van der Waals surface area contributed by atoms with Gasteiger partial charge in [0.1, 0.15) is 18.1 Å². The maximum Gasteiger partial charge on any atom is 0.269 e. The number of primary amides is 1. The highest BCUT2D eigenvalue weighted by Gasteiger charge is 2.40. The van der Waals surface area contributed by atoms with Gasteiger partial charge in [0.25, 0.3) is 5.91 Å². The van der Waals surface area contributed by atoms with Crippen LogP contribution in [0.4, 0.5) is 4.39 Å². The van der Waals surface area contributed by atoms with E-state index in [4.69, 9.17) is 10.5 Å². The summed E-state index contributed by atoms with van der Waals surface area (Å²) in [6.45, 7) is 1.72. The summed E-state index contributed by atoms with van der Waals surface area (Å²) < 4.78 is 20.8. The molecule has 1 aliphatic carbocycles. The van der Waals surface area contributed by atoms with Gasteiger partial charge >= 0.3 is 0 Å². The summed E-state index contributed by atoms with van der Waals surface area (Å²) in [5.41, 5.74) is 4.37. The SMILES string of the molecule is CC(O)(COc1cc(C(N)=O)nn1-c1ccccc1F)C1CC1. The third kappa shape index (κ3) is 3.19. The summed E-state index contributed by atoms with van der Waals surface area (Å²) in [4.78, 5) is 11.3. The number of rotatable bonds is 6. The first-order valence-electron chi connectivity index (χ1n) is 7.38. The highest BCUT2D eigenvalue weighted by atomic mass is 19.1. The molecule has 1 atom stereocenters. The van der Waals surface area contributed by atoms with Crippen LogP contribution in [0.15, 0.2) is 30.3 Å². The van der Waals surface area contributed by atoms with E-state index < -0.39 is 17.3 Å². The van der Waals surface area contributed by atoms with Gasteiger partial charge < -0.3 is 15.6 Å². The number of carbonyl (C=O) groups is 1. The molecule has 2 aromatic rings. The number of aliphatic hydroxyl groups is 1. The summed E-state index contributed by atoms with van der Waals surface area (Å²) in [5, 5.41) is 14.3. The maximum atomic E-state index is 14.0. The average molecular weight is 319 g/mol. The smallest absolute Gasteiger partial charge is 0.269 e. The number of nitrogens with zero attached hydrogens (tertiary/aromatic N) is 2. The molecule has 0 radical (unpaired) electrons. The second kappa shape index (κ2) is 5.66. The third-order valence-corrected chi connectivity index (χ3v) is 3.98. The highest BCUT2D eigenvalue weighted by Crippen LogP contribution is 2.39. The molecule has 3 N–H and O–H groups in total. The minimum absolute atomic E-state index is 0.0238. The van der Waals surface area contributed by atoms with Gasteiger partial charge in [0.15, 0.2) is 5.69 Å². The fourth-order valence-electron chi connectivity index (χ4n) is 2.43. The van der Waals surface area contributed by atoms with Gasteiger partial charge in [0.05, 0.1) is 5.60 Å². The Balaban J connectivity index is 1.92. The number of aromatic nitrogens is 2. The van der Waals surface area contributed by atoms with E-state index >= 15 is 0 Å². The standard InChI is InChI=1S/C16H18FN3O3/c1-16(22,10-6-7-10)9-23-14-8-12(15(18)21)19-20(14)13-5-3-2-4-11(13)17/h2-5,8,10,22H,6-7,9H2,1H3,(H2,18,21). The lowest BCUT2D eigenvalue weighted by atomic mass is 10.0. The molecule has 0 spiro atoms. The number of amides is 1. The number of carbonyl (C=O) groups excluding carboxylic acids is 1. The Bertz CT molecular complexity index is 738. The number of hydrogen-bond donors (Lipinski definition) is 2. The molecule has 0 aliphatic heterocycles. The second-order valence-electron chi connectivity index (χ2n) is 6.02. The molecule has 1 unspecified atom stereocenters. The zero-order valence-electron chi connectivity index (χ0n) is 12.7. The van der Waals surface area contributed by atoms with Crippen molar-refractivity contribution < 1.29 is 19.0 Å². The molecule has 3 rings (SSSR count). The van der Waals surface area contributed by atoms with Crippen LogP contribution in [0.25, 0.3) is 5.69 Å². The Morgan fingerprint density at radius 2 is 2.22 bits per heavy atom. The predicted molar refractivity (Wildman–Crippen MR) is 80.9 cm³/mol. The summed E-state index contributed by atoms with van der Waals surface area (Å²) in [7, 11) is 0. The molecule has 1 aliphatic rings. The maximum absolute atomic E-state index is 14.0. The number of benzene rings is 1. The van der Waals surface area contributed by atoms with Crippen LogP contribution >= 0.6 is 0 Å². The van der Waals surface area contributed by atoms with Crippen molar-refractivity contribution in [1.29, 1.82) is 0 Å². The first-order chi connectivity index (χ1) is 10.9. The van der Waals surface area contributed by atoms with Crippen LogP contribution < -0.4 is 10.5 Å². The van der Waals surface area contributed by atoms with E-state index in [1.807, 2.05) is 0 Å². The lowest BCUT2D eigenvalue weighted by Crippen LogP contribution is -2.35. The molecule has 1 heterocycles. The Morgan fingerprint density at radius 3 is 2.83 bits per heavy atom. The van der Waals surface area contributed by atoms with Crippen LogP contribution in [0.2, 0.25) is 0 Å². The quantitative estimate of drug-likeness (QED) is 0.847. The highest BCUT2D eigenvalue weighted by molar-refractivity contribution is 5.91. The van der Waals surface area contributed by atoms with Gasteiger partial charge in [-0.3, -0.25) is 4.79 Å². The Labute approximate surface area is 132 Å². The fraction of sp³-hybridized carbons (Fsp3) is 0.375. The first kappa shape index (κ1) is 15.5. The van der Waals surface area contributed by atoms with Gasteiger partial charge in [0, 0.05) is 6.07 Å². The number of para-hydroxylation sites is 1. The van der Waals surface area contributed by atoms with Crippen molar-refractivity contribution in [2.75, 3.05) is 6.61 Å². The van der Waals surface area contributed by atoms with Gasteiger partial charge in [-0.2, -0.15) is 9.78 Å². The van der Waals surface area contributed by atoms with Gasteiger partial charge in [-0.05, 0) is 37.8 Å². The zero-order valence-corrected chi connectivity index (χ0v) is 12.7. The lowest BCUT2D eigenvalue weighted by molar-refractivity contribution is -0.00966. The van der Waals surface area contributed by atoms with Crippen molar-refractivity contribution in [3.05, 3.63) is 41.8 Å². The van der Waals surface area contributed by atoms with E-state index in [1.54, 1.807) is 19.1 Å². The molecule has 6 nitrogen and oxygen atoms in total. The molecule has 0 saturated heterocycles. The van der Waals surface area contributed by atoms with Crippen LogP contribution in [-0.2, 0) is 0 Å². The number of ether oxygens (including phenoxy) is 1. The summed E-state index contributed by atoms with van der Waals surface area (Å²) in [6.07, 6.45) is 1.91. The minimum Gasteiger partial charge on any atom is -0.474 e. The van der Waals surface area contributed by atoms with Crippen LogP contribution in [0, 0.1) is 11.7 Å². The molecule has 1 amide bonds. The van der Waals surface area contributed by atoms with E-state index in [1.165, 1.54) is 22.9 Å². The number of hydrogen-bond acceptors (Lipinski definition) is 4. The van der Waals surface area contributed by atoms with Crippen molar-refractivity contribution in [3.8, 4) is 11.6 Å². The fourth-order valence-corrected chi connectivity index (χ4v) is 2.43. The molecule has 1 aromatic carbocycles. The molecule has 23 heavy (non-hydrogen) atoms. The Morgan fingerprint density at radius 1 is 1.52 bits per heavy atom. The Hall–Kier alpha value is -2.41. The summed E-state index contributed by atoms with van der Waals surface area (Å²) in [6, 6.07) is 7.34. The zero-order chi connectivity index (χ0) is 16.6. The van der Waals surface area contributed by atoms with Crippen molar-refractivity contribution >= 4 is 5.91 Å². The molecule has 1 saturated carbocycles. The summed E-state index contributed by atoms with van der Waals surface area (Å²) >= 11 is 0. The van der Waals surface area contributed by atoms with Gasteiger partial charge in [-0.15, -0.1) is 0 Å². The number of halogens is 1.